The molecule has 1 atom stereocenters. The zero-order valence-corrected chi connectivity index (χ0v) is 14.8. The van der Waals surface area contributed by atoms with Gasteiger partial charge in [0, 0.05) is 16.5 Å². The maximum Gasteiger partial charge on any atom is 0.123 e. The number of hydrogen-bond acceptors (Lipinski definition) is 3. The third kappa shape index (κ3) is 3.72. The lowest BCUT2D eigenvalue weighted by molar-refractivity contribution is 0.590. The maximum atomic E-state index is 4.75. The molecule has 0 aliphatic carbocycles. The smallest absolute Gasteiger partial charge is 0.123 e. The Morgan fingerprint density at radius 1 is 1.19 bits per heavy atom. The summed E-state index contributed by atoms with van der Waals surface area (Å²) < 4.78 is 0. The zero-order chi connectivity index (χ0) is 15.6. The van der Waals surface area contributed by atoms with Crippen LogP contribution in [0.4, 0.5) is 0 Å². The molecule has 0 radical (unpaired) electrons. The van der Waals surface area contributed by atoms with Crippen molar-refractivity contribution in [3.63, 3.8) is 0 Å². The van der Waals surface area contributed by atoms with Crippen LogP contribution in [0.5, 0.6) is 0 Å². The Labute approximate surface area is 132 Å². The molecule has 0 fully saturated rings. The van der Waals surface area contributed by atoms with Crippen LogP contribution in [0.3, 0.4) is 0 Å². The molecule has 3 heteroatoms. The molecule has 0 bridgehead atoms. The molecule has 1 aromatic heterocycles. The first-order valence-corrected chi connectivity index (χ1v) is 8.46. The van der Waals surface area contributed by atoms with Gasteiger partial charge in [0.25, 0.3) is 0 Å². The van der Waals surface area contributed by atoms with Gasteiger partial charge in [0.05, 0.1) is 5.69 Å². The minimum atomic E-state index is 0.196. The topological polar surface area (TPSA) is 24.9 Å². The largest absolute Gasteiger partial charge is 0.310 e. The minimum Gasteiger partial charge on any atom is -0.310 e. The van der Waals surface area contributed by atoms with Gasteiger partial charge in [0.15, 0.2) is 0 Å². The summed E-state index contributed by atoms with van der Waals surface area (Å²) in [6.07, 6.45) is 0. The highest BCUT2D eigenvalue weighted by molar-refractivity contribution is 7.15. The molecule has 2 aromatic rings. The van der Waals surface area contributed by atoms with Gasteiger partial charge in [-0.05, 0) is 31.4 Å². The van der Waals surface area contributed by atoms with Crippen LogP contribution in [0.25, 0.3) is 10.6 Å². The second kappa shape index (κ2) is 6.29. The third-order valence-electron chi connectivity index (χ3n) is 3.73. The summed E-state index contributed by atoms with van der Waals surface area (Å²) in [5.74, 6) is 0. The maximum absolute atomic E-state index is 4.75. The molecule has 0 spiro atoms. The lowest BCUT2D eigenvalue weighted by Crippen LogP contribution is -2.17. The van der Waals surface area contributed by atoms with Crippen molar-refractivity contribution in [2.24, 2.45) is 0 Å². The molecular formula is C18H26N2S. The predicted molar refractivity (Wildman–Crippen MR) is 93.1 cm³/mol. The normalized spacial score (nSPS) is 13.4. The second-order valence-corrected chi connectivity index (χ2v) is 7.61. The fourth-order valence-electron chi connectivity index (χ4n) is 2.45. The van der Waals surface area contributed by atoms with E-state index in [1.54, 1.807) is 11.3 Å². The van der Waals surface area contributed by atoms with E-state index in [0.29, 0.717) is 6.04 Å². The number of benzene rings is 1. The van der Waals surface area contributed by atoms with E-state index < -0.39 is 0 Å². The molecule has 0 aliphatic heterocycles. The van der Waals surface area contributed by atoms with Crippen LogP contribution in [0.2, 0.25) is 0 Å². The van der Waals surface area contributed by atoms with E-state index in [-0.39, 0.29) is 5.41 Å². The van der Waals surface area contributed by atoms with Gasteiger partial charge in [-0.3, -0.25) is 0 Å². The fraction of sp³-hybridized carbons (Fsp3) is 0.500. The Kier molecular flexibility index (Phi) is 4.84. The molecule has 2 rings (SSSR count). The number of aryl methyl sites for hydroxylation is 1. The first-order valence-electron chi connectivity index (χ1n) is 7.64. The Morgan fingerprint density at radius 2 is 1.81 bits per heavy atom. The van der Waals surface area contributed by atoms with Crippen LogP contribution in [0.15, 0.2) is 24.3 Å². The molecule has 0 aliphatic rings. The van der Waals surface area contributed by atoms with Crippen molar-refractivity contribution >= 4 is 11.3 Å². The SMILES string of the molecule is CCNC(C)c1sc(-c2ccc(C(C)(C)C)cc2)nc1C. The Balaban J connectivity index is 2.29. The van der Waals surface area contributed by atoms with Crippen molar-refractivity contribution in [2.75, 3.05) is 6.54 Å². The quantitative estimate of drug-likeness (QED) is 0.851. The molecule has 2 nitrogen and oxygen atoms in total. The van der Waals surface area contributed by atoms with Crippen molar-refractivity contribution in [2.45, 2.75) is 53.0 Å². The average molecular weight is 302 g/mol. The van der Waals surface area contributed by atoms with Gasteiger partial charge >= 0.3 is 0 Å². The zero-order valence-electron chi connectivity index (χ0n) is 13.9. The Hall–Kier alpha value is -1.19. The van der Waals surface area contributed by atoms with Gasteiger partial charge in [-0.2, -0.15) is 0 Å². The Bertz CT molecular complexity index is 591. The fourth-order valence-corrected chi connectivity index (χ4v) is 3.54. The van der Waals surface area contributed by atoms with E-state index in [1.807, 2.05) is 0 Å². The summed E-state index contributed by atoms with van der Waals surface area (Å²) >= 11 is 1.80. The Morgan fingerprint density at radius 3 is 2.33 bits per heavy atom. The number of rotatable bonds is 4. The van der Waals surface area contributed by atoms with Crippen LogP contribution in [-0.2, 0) is 5.41 Å². The number of nitrogens with zero attached hydrogens (tertiary/aromatic N) is 1. The van der Waals surface area contributed by atoms with E-state index in [9.17, 15) is 0 Å². The minimum absolute atomic E-state index is 0.196. The van der Waals surface area contributed by atoms with Crippen LogP contribution >= 0.6 is 11.3 Å². The van der Waals surface area contributed by atoms with Gasteiger partial charge in [0.1, 0.15) is 5.01 Å². The van der Waals surface area contributed by atoms with Gasteiger partial charge in [-0.15, -0.1) is 11.3 Å². The molecule has 114 valence electrons. The van der Waals surface area contributed by atoms with Gasteiger partial charge in [-0.1, -0.05) is 52.0 Å². The van der Waals surface area contributed by atoms with Crippen molar-refractivity contribution in [1.29, 1.82) is 0 Å². The highest BCUT2D eigenvalue weighted by Gasteiger charge is 2.16. The highest BCUT2D eigenvalue weighted by atomic mass is 32.1. The third-order valence-corrected chi connectivity index (χ3v) is 5.12. The molecule has 0 saturated heterocycles. The van der Waals surface area contributed by atoms with E-state index in [0.717, 1.165) is 17.2 Å². The van der Waals surface area contributed by atoms with Crippen LogP contribution in [0, 0.1) is 6.92 Å². The molecule has 21 heavy (non-hydrogen) atoms. The first kappa shape index (κ1) is 16.2. The van der Waals surface area contributed by atoms with E-state index >= 15 is 0 Å². The van der Waals surface area contributed by atoms with Crippen molar-refractivity contribution < 1.29 is 0 Å². The number of aromatic nitrogens is 1. The van der Waals surface area contributed by atoms with Gasteiger partial charge in [-0.25, -0.2) is 4.98 Å². The summed E-state index contributed by atoms with van der Waals surface area (Å²) in [6, 6.07) is 9.20. The molecule has 0 saturated carbocycles. The summed E-state index contributed by atoms with van der Waals surface area (Å²) in [4.78, 5) is 6.09. The van der Waals surface area contributed by atoms with E-state index in [1.165, 1.54) is 16.0 Å². The molecule has 0 amide bonds. The summed E-state index contributed by atoms with van der Waals surface area (Å²) in [5.41, 5.74) is 3.91. The van der Waals surface area contributed by atoms with Crippen LogP contribution in [-0.4, -0.2) is 11.5 Å². The summed E-state index contributed by atoms with van der Waals surface area (Å²) in [7, 11) is 0. The second-order valence-electron chi connectivity index (χ2n) is 6.58. The van der Waals surface area contributed by atoms with E-state index in [2.05, 4.69) is 71.1 Å². The predicted octanol–water partition coefficient (Wildman–Crippen LogP) is 5.09. The standard InChI is InChI=1S/C18H26N2S/c1-7-19-12(2)16-13(3)20-17(21-16)14-8-10-15(11-9-14)18(4,5)6/h8-12,19H,7H2,1-6H3. The molecule has 1 N–H and O–H groups in total. The highest BCUT2D eigenvalue weighted by Crippen LogP contribution is 2.33. The monoisotopic (exact) mass is 302 g/mol. The van der Waals surface area contributed by atoms with Crippen molar-refractivity contribution in [1.82, 2.24) is 10.3 Å². The first-order chi connectivity index (χ1) is 9.82. The number of nitrogens with one attached hydrogen (secondary N) is 1. The van der Waals surface area contributed by atoms with Crippen LogP contribution < -0.4 is 5.32 Å². The van der Waals surface area contributed by atoms with Crippen LogP contribution in [0.1, 0.15) is 56.8 Å². The number of hydrogen-bond donors (Lipinski definition) is 1. The molecule has 1 aromatic carbocycles. The molecule has 1 unspecified atom stereocenters. The van der Waals surface area contributed by atoms with Gasteiger partial charge < -0.3 is 5.32 Å². The molecule has 1 heterocycles. The average Bonchev–Trinajstić information content (AvgIpc) is 2.80. The van der Waals surface area contributed by atoms with Crippen molar-refractivity contribution in [3.8, 4) is 10.6 Å². The lowest BCUT2D eigenvalue weighted by Gasteiger charge is -2.18. The van der Waals surface area contributed by atoms with E-state index in [4.69, 9.17) is 4.98 Å². The number of thiazole rings is 1. The summed E-state index contributed by atoms with van der Waals surface area (Å²) in [5, 5.41) is 4.59. The summed E-state index contributed by atoms with van der Waals surface area (Å²) in [6.45, 7) is 14.2. The van der Waals surface area contributed by atoms with Gasteiger partial charge in [0.2, 0.25) is 0 Å². The van der Waals surface area contributed by atoms with Crippen molar-refractivity contribution in [3.05, 3.63) is 40.4 Å². The molecular weight excluding hydrogens is 276 g/mol. The lowest BCUT2D eigenvalue weighted by atomic mass is 9.87.